The van der Waals surface area contributed by atoms with Crippen LogP contribution < -0.4 is 4.87 Å². The van der Waals surface area contributed by atoms with Gasteiger partial charge in [0.15, 0.2) is 4.21 Å². The Bertz CT molecular complexity index is 516. The van der Waals surface area contributed by atoms with Crippen LogP contribution in [0.5, 0.6) is 0 Å². The second-order valence-electron chi connectivity index (χ2n) is 3.96. The lowest BCUT2D eigenvalue weighted by atomic mass is 10.2. The van der Waals surface area contributed by atoms with Gasteiger partial charge < -0.3 is 4.98 Å². The molecular formula is C10H18N2O3S2. The molecule has 0 radical (unpaired) electrons. The highest BCUT2D eigenvalue weighted by Crippen LogP contribution is 2.20. The van der Waals surface area contributed by atoms with Crippen molar-refractivity contribution in [2.24, 2.45) is 0 Å². The molecule has 0 saturated heterocycles. The number of aromatic nitrogens is 1. The van der Waals surface area contributed by atoms with Gasteiger partial charge in [-0.3, -0.25) is 4.79 Å². The number of nitrogens with one attached hydrogen (secondary N) is 1. The van der Waals surface area contributed by atoms with Crippen molar-refractivity contribution >= 4 is 21.4 Å². The predicted molar refractivity (Wildman–Crippen MR) is 69.0 cm³/mol. The van der Waals surface area contributed by atoms with E-state index in [4.69, 9.17) is 0 Å². The van der Waals surface area contributed by atoms with Gasteiger partial charge in [-0.25, -0.2) is 12.7 Å². The molecule has 1 rings (SSSR count). The summed E-state index contributed by atoms with van der Waals surface area (Å²) in [4.78, 5) is 13.3. The highest BCUT2D eigenvalue weighted by atomic mass is 32.2. The van der Waals surface area contributed by atoms with Crippen molar-refractivity contribution in [1.29, 1.82) is 0 Å². The number of rotatable bonds is 6. The lowest BCUT2D eigenvalue weighted by molar-refractivity contribution is 0.455. The quantitative estimate of drug-likeness (QED) is 0.803. The van der Waals surface area contributed by atoms with Crippen molar-refractivity contribution in [3.05, 3.63) is 15.4 Å². The first-order valence-corrected chi connectivity index (χ1v) is 7.81. The van der Waals surface area contributed by atoms with Gasteiger partial charge in [0.05, 0.1) is 0 Å². The average Bonchev–Trinajstić information content (AvgIpc) is 2.58. The second-order valence-corrected chi connectivity index (χ2v) is 7.18. The zero-order valence-corrected chi connectivity index (χ0v) is 11.9. The van der Waals surface area contributed by atoms with Crippen molar-refractivity contribution in [2.75, 3.05) is 13.6 Å². The highest BCUT2D eigenvalue weighted by Gasteiger charge is 2.25. The van der Waals surface area contributed by atoms with E-state index < -0.39 is 10.0 Å². The van der Waals surface area contributed by atoms with Crippen molar-refractivity contribution in [3.63, 3.8) is 0 Å². The molecule has 0 amide bonds. The summed E-state index contributed by atoms with van der Waals surface area (Å²) in [5.74, 6) is 0. The molecule has 0 unspecified atom stereocenters. The number of H-pyrrole nitrogens is 1. The van der Waals surface area contributed by atoms with E-state index in [0.717, 1.165) is 30.6 Å². The van der Waals surface area contributed by atoms with Gasteiger partial charge >= 0.3 is 4.87 Å². The molecule has 5 nitrogen and oxygen atoms in total. The topological polar surface area (TPSA) is 70.2 Å². The van der Waals surface area contributed by atoms with E-state index in [-0.39, 0.29) is 9.08 Å². The molecule has 7 heteroatoms. The lowest BCUT2D eigenvalue weighted by Crippen LogP contribution is -2.27. The van der Waals surface area contributed by atoms with E-state index in [9.17, 15) is 13.2 Å². The Morgan fingerprint density at radius 3 is 2.47 bits per heavy atom. The monoisotopic (exact) mass is 278 g/mol. The number of hydrogen-bond donors (Lipinski definition) is 1. The molecule has 0 atom stereocenters. The Hall–Kier alpha value is -0.660. The fraction of sp³-hybridized carbons (Fsp3) is 0.700. The van der Waals surface area contributed by atoms with Gasteiger partial charge in [0.2, 0.25) is 0 Å². The van der Waals surface area contributed by atoms with Crippen molar-refractivity contribution in [3.8, 4) is 0 Å². The van der Waals surface area contributed by atoms with Crippen LogP contribution in [0.1, 0.15) is 31.9 Å². The smallest absolute Gasteiger partial charge is 0.305 e. The Labute approximate surface area is 106 Å². The van der Waals surface area contributed by atoms with Crippen LogP contribution >= 0.6 is 11.3 Å². The van der Waals surface area contributed by atoms with Crippen LogP contribution in [-0.4, -0.2) is 31.3 Å². The van der Waals surface area contributed by atoms with Crippen molar-refractivity contribution in [1.82, 2.24) is 9.29 Å². The number of unbranched alkanes of at least 4 members (excludes halogenated alkanes) is 2. The average molecular weight is 278 g/mol. The van der Waals surface area contributed by atoms with Crippen LogP contribution in [0.4, 0.5) is 0 Å². The van der Waals surface area contributed by atoms with Crippen LogP contribution in [0.3, 0.4) is 0 Å². The van der Waals surface area contributed by atoms with E-state index in [1.165, 1.54) is 4.31 Å². The molecule has 0 fully saturated rings. The largest absolute Gasteiger partial charge is 0.315 e. The molecule has 0 aliphatic carbocycles. The van der Waals surface area contributed by atoms with Crippen LogP contribution in [-0.2, 0) is 10.0 Å². The number of aromatic amines is 1. The summed E-state index contributed by atoms with van der Waals surface area (Å²) in [5.41, 5.74) is 0.419. The van der Waals surface area contributed by atoms with Gasteiger partial charge in [-0.05, 0) is 13.3 Å². The minimum Gasteiger partial charge on any atom is -0.315 e. The first-order chi connectivity index (χ1) is 7.89. The second kappa shape index (κ2) is 5.79. The zero-order chi connectivity index (χ0) is 13.1. The van der Waals surface area contributed by atoms with Crippen LogP contribution in [0.25, 0.3) is 0 Å². The maximum absolute atomic E-state index is 12.1. The lowest BCUT2D eigenvalue weighted by Gasteiger charge is -2.15. The summed E-state index contributed by atoms with van der Waals surface area (Å²) in [7, 11) is -1.96. The SMILES string of the molecule is CCCCCN(C)S(=O)(=O)c1sc(=O)[nH]c1C. The van der Waals surface area contributed by atoms with E-state index in [0.29, 0.717) is 12.2 Å². The minimum atomic E-state index is -3.51. The Morgan fingerprint density at radius 1 is 1.35 bits per heavy atom. The molecule has 17 heavy (non-hydrogen) atoms. The highest BCUT2D eigenvalue weighted by molar-refractivity contribution is 7.91. The predicted octanol–water partition coefficient (Wildman–Crippen LogP) is 1.56. The molecule has 98 valence electrons. The molecule has 0 saturated carbocycles. The third kappa shape index (κ3) is 3.40. The van der Waals surface area contributed by atoms with E-state index >= 15 is 0 Å². The Kier molecular flexibility index (Phi) is 4.91. The summed E-state index contributed by atoms with van der Waals surface area (Å²) < 4.78 is 25.7. The summed E-state index contributed by atoms with van der Waals surface area (Å²) in [5, 5.41) is 0. The molecule has 0 aliphatic rings. The number of hydrogen-bond acceptors (Lipinski definition) is 4. The van der Waals surface area contributed by atoms with Crippen molar-refractivity contribution in [2.45, 2.75) is 37.3 Å². The van der Waals surface area contributed by atoms with Gasteiger partial charge in [-0.15, -0.1) is 0 Å². The standard InChI is InChI=1S/C10H18N2O3S2/c1-4-5-6-7-12(3)17(14,15)9-8(2)11-10(13)16-9/h4-7H2,1-3H3,(H,11,13). The molecule has 0 spiro atoms. The van der Waals surface area contributed by atoms with E-state index in [1.54, 1.807) is 14.0 Å². The van der Waals surface area contributed by atoms with Gasteiger partial charge in [-0.1, -0.05) is 31.1 Å². The summed E-state index contributed by atoms with van der Waals surface area (Å²) >= 11 is 0.748. The van der Waals surface area contributed by atoms with Crippen LogP contribution in [0.2, 0.25) is 0 Å². The minimum absolute atomic E-state index is 0.126. The summed E-state index contributed by atoms with van der Waals surface area (Å²) in [6.07, 6.45) is 2.89. The number of thiazole rings is 1. The Morgan fingerprint density at radius 2 is 2.00 bits per heavy atom. The fourth-order valence-electron chi connectivity index (χ4n) is 1.48. The first kappa shape index (κ1) is 14.4. The molecular weight excluding hydrogens is 260 g/mol. The molecule has 0 bridgehead atoms. The molecule has 1 heterocycles. The number of nitrogens with zero attached hydrogens (tertiary/aromatic N) is 1. The van der Waals surface area contributed by atoms with Gasteiger partial charge in [0, 0.05) is 19.3 Å². The maximum Gasteiger partial charge on any atom is 0.305 e. The zero-order valence-electron chi connectivity index (χ0n) is 10.3. The summed E-state index contributed by atoms with van der Waals surface area (Å²) in [6.45, 7) is 4.16. The fourth-order valence-corrected chi connectivity index (χ4v) is 4.18. The van der Waals surface area contributed by atoms with Gasteiger partial charge in [-0.2, -0.15) is 0 Å². The third-order valence-electron chi connectivity index (χ3n) is 2.50. The number of sulfonamides is 1. The number of aryl methyl sites for hydroxylation is 1. The first-order valence-electron chi connectivity index (χ1n) is 5.55. The van der Waals surface area contributed by atoms with Gasteiger partial charge in [0.25, 0.3) is 10.0 Å². The molecule has 0 aliphatic heterocycles. The summed E-state index contributed by atoms with van der Waals surface area (Å²) in [6, 6.07) is 0. The third-order valence-corrected chi connectivity index (χ3v) is 5.94. The van der Waals surface area contributed by atoms with Crippen molar-refractivity contribution < 1.29 is 8.42 Å². The molecule has 1 N–H and O–H groups in total. The Balaban J connectivity index is 2.88. The normalized spacial score (nSPS) is 12.2. The van der Waals surface area contributed by atoms with Crippen LogP contribution in [0, 0.1) is 6.92 Å². The molecule has 0 aromatic carbocycles. The van der Waals surface area contributed by atoms with E-state index in [1.807, 2.05) is 0 Å². The van der Waals surface area contributed by atoms with Crippen LogP contribution in [0.15, 0.2) is 9.00 Å². The van der Waals surface area contributed by atoms with E-state index in [2.05, 4.69) is 11.9 Å². The molecule has 1 aromatic heterocycles. The maximum atomic E-state index is 12.1. The molecule has 1 aromatic rings. The van der Waals surface area contributed by atoms with Gasteiger partial charge in [0.1, 0.15) is 0 Å².